The summed E-state index contributed by atoms with van der Waals surface area (Å²) in [7, 11) is 3.34. The molecule has 7 nitrogen and oxygen atoms in total. The van der Waals surface area contributed by atoms with E-state index >= 15 is 0 Å². The van der Waals surface area contributed by atoms with Gasteiger partial charge >= 0.3 is 0 Å². The summed E-state index contributed by atoms with van der Waals surface area (Å²) in [5.74, 6) is -1.51. The van der Waals surface area contributed by atoms with E-state index in [0.29, 0.717) is 16.4 Å². The Balaban J connectivity index is 1.75. The molecule has 2 amide bonds. The van der Waals surface area contributed by atoms with Gasteiger partial charge in [0.2, 0.25) is 0 Å². The summed E-state index contributed by atoms with van der Waals surface area (Å²) in [6.07, 6.45) is 1.40. The molecule has 2 aromatic heterocycles. The molecule has 0 aliphatic carbocycles. The van der Waals surface area contributed by atoms with E-state index in [4.69, 9.17) is 17.0 Å². The van der Waals surface area contributed by atoms with Crippen LogP contribution in [0.2, 0.25) is 5.02 Å². The Morgan fingerprint density at radius 2 is 1.90 bits per heavy atom. The number of nitrogens with zero attached hydrogens (tertiary/aromatic N) is 2. The summed E-state index contributed by atoms with van der Waals surface area (Å²) in [4.78, 5) is 30.8. The van der Waals surface area contributed by atoms with Crippen LogP contribution in [-0.2, 0) is 0 Å². The molecule has 3 rings (SSSR count). The minimum absolute atomic E-state index is 0.119. The first-order valence-corrected chi connectivity index (χ1v) is 9.89. The number of amides is 2. The molecular formula is C20H17ClFN5O2S. The van der Waals surface area contributed by atoms with Crippen LogP contribution in [0.1, 0.15) is 25.6 Å². The van der Waals surface area contributed by atoms with Crippen LogP contribution < -0.4 is 10.6 Å². The number of hydrogen-bond donors (Lipinski definition) is 3. The number of halogens is 2. The van der Waals surface area contributed by atoms with Gasteiger partial charge in [0.15, 0.2) is 0 Å². The average molecular weight is 446 g/mol. The fourth-order valence-corrected chi connectivity index (χ4v) is 3.36. The van der Waals surface area contributed by atoms with Gasteiger partial charge in [-0.25, -0.2) is 9.37 Å². The molecule has 0 fully saturated rings. The lowest BCUT2D eigenvalue weighted by Crippen LogP contribution is -2.22. The molecule has 1 aromatic carbocycles. The van der Waals surface area contributed by atoms with Crippen molar-refractivity contribution >= 4 is 52.1 Å². The summed E-state index contributed by atoms with van der Waals surface area (Å²) >= 11 is 6.90. The second kappa shape index (κ2) is 9.02. The largest absolute Gasteiger partial charge is 0.363 e. The van der Waals surface area contributed by atoms with E-state index in [-0.39, 0.29) is 22.0 Å². The van der Waals surface area contributed by atoms with Crippen LogP contribution in [-0.4, -0.2) is 41.6 Å². The first-order chi connectivity index (χ1) is 14.3. The number of pyridine rings is 1. The Kier molecular flexibility index (Phi) is 6.43. The van der Waals surface area contributed by atoms with Crippen molar-refractivity contribution in [2.75, 3.05) is 24.7 Å². The van der Waals surface area contributed by atoms with Gasteiger partial charge in [-0.1, -0.05) is 17.7 Å². The lowest BCUT2D eigenvalue weighted by Gasteiger charge is -2.14. The van der Waals surface area contributed by atoms with E-state index < -0.39 is 17.6 Å². The molecule has 0 bridgehead atoms. The first kappa shape index (κ1) is 21.4. The lowest BCUT2D eigenvalue weighted by molar-refractivity contribution is 0.102. The molecule has 2 heterocycles. The van der Waals surface area contributed by atoms with E-state index in [1.807, 2.05) is 0 Å². The SMILES string of the molecule is CN(C)C(=N)c1ccc(C(=O)Nc2ccsc2C(=O)Nc2ccc(Cl)cn2)c(F)c1. The van der Waals surface area contributed by atoms with E-state index in [1.54, 1.807) is 37.7 Å². The van der Waals surface area contributed by atoms with Crippen LogP contribution >= 0.6 is 22.9 Å². The highest BCUT2D eigenvalue weighted by Gasteiger charge is 2.19. The maximum atomic E-state index is 14.5. The van der Waals surface area contributed by atoms with Crippen molar-refractivity contribution in [2.45, 2.75) is 0 Å². The van der Waals surface area contributed by atoms with Crippen molar-refractivity contribution in [1.82, 2.24) is 9.88 Å². The number of carbonyl (C=O) groups is 2. The summed E-state index contributed by atoms with van der Waals surface area (Å²) in [5, 5.41) is 15.1. The molecule has 0 spiro atoms. The second-order valence-corrected chi connectivity index (χ2v) is 7.72. The number of amidine groups is 1. The standard InChI is InChI=1S/C20H17ClFN5O2S/c1-27(2)18(23)11-3-5-13(14(22)9-11)19(28)25-15-7-8-30-17(15)20(29)26-16-6-4-12(21)10-24-16/h3-10,23H,1-2H3,(H,25,28)(H,24,26,29). The molecule has 0 aliphatic rings. The maximum absolute atomic E-state index is 14.5. The fraction of sp³-hybridized carbons (Fsp3) is 0.100. The van der Waals surface area contributed by atoms with Crippen LogP contribution in [0.3, 0.4) is 0 Å². The van der Waals surface area contributed by atoms with Crippen molar-refractivity contribution in [1.29, 1.82) is 5.41 Å². The summed E-state index contributed by atoms with van der Waals surface area (Å²) in [6, 6.07) is 8.62. The Hall–Kier alpha value is -3.30. The zero-order valence-electron chi connectivity index (χ0n) is 16.0. The maximum Gasteiger partial charge on any atom is 0.269 e. The van der Waals surface area contributed by atoms with Gasteiger partial charge in [0.1, 0.15) is 22.3 Å². The highest BCUT2D eigenvalue weighted by atomic mass is 35.5. The van der Waals surface area contributed by atoms with Crippen LogP contribution in [0.15, 0.2) is 48.0 Å². The van der Waals surface area contributed by atoms with E-state index in [0.717, 1.165) is 17.4 Å². The topological polar surface area (TPSA) is 98.2 Å². The Morgan fingerprint density at radius 3 is 2.53 bits per heavy atom. The summed E-state index contributed by atoms with van der Waals surface area (Å²) in [5.41, 5.74) is 0.406. The van der Waals surface area contributed by atoms with Gasteiger partial charge in [-0.3, -0.25) is 15.0 Å². The molecule has 3 aromatic rings. The van der Waals surface area contributed by atoms with Gasteiger partial charge in [-0.2, -0.15) is 0 Å². The molecule has 0 aliphatic heterocycles. The van der Waals surface area contributed by atoms with E-state index in [9.17, 15) is 14.0 Å². The highest BCUT2D eigenvalue weighted by Crippen LogP contribution is 2.25. The Bertz CT molecular complexity index is 1110. The van der Waals surface area contributed by atoms with Gasteiger partial charge in [-0.05, 0) is 35.7 Å². The number of anilines is 2. The number of nitrogens with one attached hydrogen (secondary N) is 3. The molecule has 30 heavy (non-hydrogen) atoms. The smallest absolute Gasteiger partial charge is 0.269 e. The molecule has 0 saturated heterocycles. The van der Waals surface area contributed by atoms with Crippen molar-refractivity contribution in [2.24, 2.45) is 0 Å². The van der Waals surface area contributed by atoms with Crippen molar-refractivity contribution < 1.29 is 14.0 Å². The third-order valence-electron chi connectivity index (χ3n) is 4.02. The lowest BCUT2D eigenvalue weighted by atomic mass is 10.1. The number of carbonyl (C=O) groups excluding carboxylic acids is 2. The van der Waals surface area contributed by atoms with Gasteiger partial charge in [-0.15, -0.1) is 11.3 Å². The predicted octanol–water partition coefficient (Wildman–Crippen LogP) is 4.33. The van der Waals surface area contributed by atoms with Crippen LogP contribution in [0.4, 0.5) is 15.9 Å². The Labute approximate surface area is 181 Å². The third-order valence-corrected chi connectivity index (χ3v) is 5.16. The highest BCUT2D eigenvalue weighted by molar-refractivity contribution is 7.12. The molecule has 10 heteroatoms. The van der Waals surface area contributed by atoms with Crippen LogP contribution in [0.25, 0.3) is 0 Å². The van der Waals surface area contributed by atoms with Gasteiger partial charge in [0.25, 0.3) is 11.8 Å². The molecule has 0 atom stereocenters. The average Bonchev–Trinajstić information content (AvgIpc) is 3.17. The number of rotatable bonds is 5. The number of aromatic nitrogens is 1. The number of thiophene rings is 1. The van der Waals surface area contributed by atoms with E-state index in [2.05, 4.69) is 15.6 Å². The first-order valence-electron chi connectivity index (χ1n) is 8.64. The van der Waals surface area contributed by atoms with Gasteiger partial charge in [0, 0.05) is 25.9 Å². The minimum Gasteiger partial charge on any atom is -0.363 e. The Morgan fingerprint density at radius 1 is 1.13 bits per heavy atom. The monoisotopic (exact) mass is 445 g/mol. The molecule has 154 valence electrons. The molecule has 0 radical (unpaired) electrons. The second-order valence-electron chi connectivity index (χ2n) is 6.37. The van der Waals surface area contributed by atoms with Gasteiger partial charge < -0.3 is 15.5 Å². The van der Waals surface area contributed by atoms with Crippen LogP contribution in [0, 0.1) is 11.2 Å². The normalized spacial score (nSPS) is 10.4. The number of benzene rings is 1. The fourth-order valence-electron chi connectivity index (χ4n) is 2.50. The minimum atomic E-state index is -0.761. The zero-order valence-corrected chi connectivity index (χ0v) is 17.6. The van der Waals surface area contributed by atoms with Crippen molar-refractivity contribution in [3.05, 3.63) is 74.8 Å². The zero-order chi connectivity index (χ0) is 21.8. The third kappa shape index (κ3) is 4.81. The van der Waals surface area contributed by atoms with Crippen molar-refractivity contribution in [3.63, 3.8) is 0 Å². The van der Waals surface area contributed by atoms with Crippen LogP contribution in [0.5, 0.6) is 0 Å². The number of hydrogen-bond acceptors (Lipinski definition) is 5. The summed E-state index contributed by atoms with van der Waals surface area (Å²) < 4.78 is 14.5. The van der Waals surface area contributed by atoms with Gasteiger partial charge in [0.05, 0.1) is 16.3 Å². The molecular weight excluding hydrogens is 429 g/mol. The molecule has 3 N–H and O–H groups in total. The van der Waals surface area contributed by atoms with Crippen molar-refractivity contribution in [3.8, 4) is 0 Å². The summed E-state index contributed by atoms with van der Waals surface area (Å²) in [6.45, 7) is 0. The quantitative estimate of drug-likeness (QED) is 0.402. The van der Waals surface area contributed by atoms with E-state index in [1.165, 1.54) is 23.2 Å². The molecule has 0 unspecified atom stereocenters. The predicted molar refractivity (Wildman–Crippen MR) is 116 cm³/mol. The molecule has 0 saturated carbocycles.